The van der Waals surface area contributed by atoms with E-state index < -0.39 is 5.97 Å². The highest BCUT2D eigenvalue weighted by Crippen LogP contribution is 2.05. The van der Waals surface area contributed by atoms with Crippen molar-refractivity contribution in [3.05, 3.63) is 0 Å². The van der Waals surface area contributed by atoms with Gasteiger partial charge in [0.15, 0.2) is 0 Å². The molecule has 72 valence electrons. The van der Waals surface area contributed by atoms with Crippen LogP contribution in [0, 0.1) is 0 Å². The molecule has 0 aliphatic heterocycles. The summed E-state index contributed by atoms with van der Waals surface area (Å²) in [6.07, 6.45) is 5.28. The zero-order valence-electron chi connectivity index (χ0n) is 7.97. The minimum Gasteiger partial charge on any atom is -0.480 e. The van der Waals surface area contributed by atoms with Crippen LogP contribution in [0.2, 0.25) is 0 Å². The zero-order valence-corrected chi connectivity index (χ0v) is 7.97. The molecule has 0 radical (unpaired) electrons. The Balaban J connectivity index is 3.38. The third kappa shape index (κ3) is 5.13. The fraction of sp³-hybridized carbons (Fsp3) is 0.889. The van der Waals surface area contributed by atoms with Crippen LogP contribution in [0.4, 0.5) is 0 Å². The van der Waals surface area contributed by atoms with Crippen LogP contribution in [0.5, 0.6) is 0 Å². The van der Waals surface area contributed by atoms with E-state index in [1.54, 1.807) is 7.05 Å². The lowest BCUT2D eigenvalue weighted by atomic mass is 10.1. The maximum absolute atomic E-state index is 10.5. The third-order valence-corrected chi connectivity index (χ3v) is 1.99. The van der Waals surface area contributed by atoms with Gasteiger partial charge in [0, 0.05) is 0 Å². The van der Waals surface area contributed by atoms with E-state index in [9.17, 15) is 4.79 Å². The topological polar surface area (TPSA) is 49.3 Å². The second-order valence-corrected chi connectivity index (χ2v) is 3.03. The molecule has 0 aromatic heterocycles. The van der Waals surface area contributed by atoms with Crippen LogP contribution in [0.15, 0.2) is 0 Å². The Morgan fingerprint density at radius 3 is 2.50 bits per heavy atom. The van der Waals surface area contributed by atoms with Crippen molar-refractivity contribution in [3.8, 4) is 0 Å². The predicted molar refractivity (Wildman–Crippen MR) is 49.2 cm³/mol. The minimum absolute atomic E-state index is 0.359. The number of carboxylic acids is 1. The largest absolute Gasteiger partial charge is 0.480 e. The van der Waals surface area contributed by atoms with Gasteiger partial charge >= 0.3 is 5.97 Å². The standard InChI is InChI=1S/C9H19NO2/c1-3-4-5-6-7-8(10-2)9(11)12/h8,10H,3-7H2,1-2H3,(H,11,12)/t8-/m1/s1. The maximum Gasteiger partial charge on any atom is 0.320 e. The molecule has 0 bridgehead atoms. The molecule has 0 rings (SSSR count). The summed E-state index contributed by atoms with van der Waals surface area (Å²) in [7, 11) is 1.69. The Morgan fingerprint density at radius 2 is 2.08 bits per heavy atom. The number of nitrogens with one attached hydrogen (secondary N) is 1. The number of rotatable bonds is 7. The first-order valence-electron chi connectivity index (χ1n) is 4.62. The molecule has 0 spiro atoms. The lowest BCUT2D eigenvalue weighted by Crippen LogP contribution is -2.33. The lowest BCUT2D eigenvalue weighted by molar-refractivity contribution is -0.139. The van der Waals surface area contributed by atoms with Gasteiger partial charge in [-0.25, -0.2) is 0 Å². The fourth-order valence-electron chi connectivity index (χ4n) is 1.17. The summed E-state index contributed by atoms with van der Waals surface area (Å²) < 4.78 is 0. The summed E-state index contributed by atoms with van der Waals surface area (Å²) in [5, 5.41) is 11.4. The zero-order chi connectivity index (χ0) is 9.40. The van der Waals surface area contributed by atoms with Gasteiger partial charge in [0.25, 0.3) is 0 Å². The van der Waals surface area contributed by atoms with Crippen molar-refractivity contribution >= 4 is 5.97 Å². The van der Waals surface area contributed by atoms with Crippen molar-refractivity contribution in [2.24, 2.45) is 0 Å². The van der Waals surface area contributed by atoms with Crippen LogP contribution in [0.1, 0.15) is 39.0 Å². The molecule has 3 nitrogen and oxygen atoms in total. The summed E-state index contributed by atoms with van der Waals surface area (Å²) in [6.45, 7) is 2.15. The highest BCUT2D eigenvalue weighted by molar-refractivity contribution is 5.73. The average Bonchev–Trinajstić information content (AvgIpc) is 2.04. The van der Waals surface area contributed by atoms with Crippen molar-refractivity contribution in [3.63, 3.8) is 0 Å². The van der Waals surface area contributed by atoms with E-state index >= 15 is 0 Å². The van der Waals surface area contributed by atoms with E-state index in [4.69, 9.17) is 5.11 Å². The summed E-state index contributed by atoms with van der Waals surface area (Å²) in [5.41, 5.74) is 0. The van der Waals surface area contributed by atoms with Crippen LogP contribution < -0.4 is 5.32 Å². The molecule has 1 atom stereocenters. The molecule has 12 heavy (non-hydrogen) atoms. The number of unbranched alkanes of at least 4 members (excludes halogenated alkanes) is 3. The maximum atomic E-state index is 10.5. The molecular weight excluding hydrogens is 154 g/mol. The van der Waals surface area contributed by atoms with E-state index in [-0.39, 0.29) is 6.04 Å². The van der Waals surface area contributed by atoms with Gasteiger partial charge in [0.2, 0.25) is 0 Å². The number of carboxylic acid groups (broad SMARTS) is 1. The van der Waals surface area contributed by atoms with Crippen LogP contribution in [0.3, 0.4) is 0 Å². The van der Waals surface area contributed by atoms with Crippen molar-refractivity contribution in [2.75, 3.05) is 7.05 Å². The van der Waals surface area contributed by atoms with Crippen molar-refractivity contribution in [2.45, 2.75) is 45.1 Å². The fourth-order valence-corrected chi connectivity index (χ4v) is 1.17. The third-order valence-electron chi connectivity index (χ3n) is 1.99. The van der Waals surface area contributed by atoms with Gasteiger partial charge in [-0.2, -0.15) is 0 Å². The molecular formula is C9H19NO2. The summed E-state index contributed by atoms with van der Waals surface area (Å²) >= 11 is 0. The van der Waals surface area contributed by atoms with Crippen molar-refractivity contribution in [1.82, 2.24) is 5.32 Å². The first-order valence-corrected chi connectivity index (χ1v) is 4.62. The molecule has 0 fully saturated rings. The Morgan fingerprint density at radius 1 is 1.42 bits per heavy atom. The lowest BCUT2D eigenvalue weighted by Gasteiger charge is -2.09. The molecule has 3 heteroatoms. The molecule has 0 aromatic rings. The summed E-state index contributed by atoms with van der Waals surface area (Å²) in [6, 6.07) is -0.359. The average molecular weight is 173 g/mol. The van der Waals surface area contributed by atoms with Gasteiger partial charge < -0.3 is 10.4 Å². The van der Waals surface area contributed by atoms with Crippen molar-refractivity contribution in [1.29, 1.82) is 0 Å². The molecule has 2 N–H and O–H groups in total. The van der Waals surface area contributed by atoms with Gasteiger partial charge in [-0.1, -0.05) is 32.6 Å². The SMILES string of the molecule is CCCCCC[C@@H](NC)C(=O)O. The first-order chi connectivity index (χ1) is 5.72. The first kappa shape index (κ1) is 11.4. The Kier molecular flexibility index (Phi) is 6.76. The van der Waals surface area contributed by atoms with Crippen LogP contribution >= 0.6 is 0 Å². The number of hydrogen-bond donors (Lipinski definition) is 2. The Bertz CT molecular complexity index is 126. The smallest absolute Gasteiger partial charge is 0.320 e. The van der Waals surface area contributed by atoms with Gasteiger partial charge in [0.1, 0.15) is 6.04 Å². The van der Waals surface area contributed by atoms with Gasteiger partial charge in [-0.05, 0) is 13.5 Å². The normalized spacial score (nSPS) is 12.8. The monoisotopic (exact) mass is 173 g/mol. The Labute approximate surface area is 74.2 Å². The van der Waals surface area contributed by atoms with E-state index in [1.165, 1.54) is 12.8 Å². The predicted octanol–water partition coefficient (Wildman–Crippen LogP) is 1.63. The minimum atomic E-state index is -0.742. The molecule has 0 saturated heterocycles. The van der Waals surface area contributed by atoms with E-state index in [2.05, 4.69) is 12.2 Å². The molecule has 0 saturated carbocycles. The molecule has 0 unspecified atom stereocenters. The molecule has 0 aromatic carbocycles. The number of hydrogen-bond acceptors (Lipinski definition) is 2. The second kappa shape index (κ2) is 7.10. The van der Waals surface area contributed by atoms with E-state index in [0.29, 0.717) is 0 Å². The number of likely N-dealkylation sites (N-methyl/N-ethyl adjacent to an activating group) is 1. The van der Waals surface area contributed by atoms with E-state index in [1.807, 2.05) is 0 Å². The van der Waals surface area contributed by atoms with Gasteiger partial charge in [-0.3, -0.25) is 4.79 Å². The quantitative estimate of drug-likeness (QED) is 0.575. The molecule has 0 heterocycles. The van der Waals surface area contributed by atoms with Gasteiger partial charge in [0.05, 0.1) is 0 Å². The van der Waals surface area contributed by atoms with Crippen molar-refractivity contribution < 1.29 is 9.90 Å². The van der Waals surface area contributed by atoms with Crippen LogP contribution in [-0.2, 0) is 4.79 Å². The summed E-state index contributed by atoms with van der Waals surface area (Å²) in [5.74, 6) is -0.742. The second-order valence-electron chi connectivity index (χ2n) is 3.03. The number of aliphatic carboxylic acids is 1. The number of carbonyl (C=O) groups is 1. The molecule has 0 aliphatic carbocycles. The highest BCUT2D eigenvalue weighted by atomic mass is 16.4. The highest BCUT2D eigenvalue weighted by Gasteiger charge is 2.12. The van der Waals surface area contributed by atoms with Gasteiger partial charge in [-0.15, -0.1) is 0 Å². The summed E-state index contributed by atoms with van der Waals surface area (Å²) in [4.78, 5) is 10.5. The van der Waals surface area contributed by atoms with Crippen LogP contribution in [-0.4, -0.2) is 24.2 Å². The molecule has 0 aliphatic rings. The Hall–Kier alpha value is -0.570. The molecule has 0 amide bonds. The van der Waals surface area contributed by atoms with Crippen LogP contribution in [0.25, 0.3) is 0 Å². The van der Waals surface area contributed by atoms with E-state index in [0.717, 1.165) is 19.3 Å².